The number of carbonyl (C=O) groups excluding carboxylic acids is 1. The second-order valence-electron chi connectivity index (χ2n) is 6.93. The van der Waals surface area contributed by atoms with Crippen molar-refractivity contribution < 1.29 is 14.7 Å². The number of nitrogens with zero attached hydrogens (tertiary/aromatic N) is 1. The number of fused-ring (bicyclic) bond motifs is 1. The first-order valence-electron chi connectivity index (χ1n) is 7.34. The summed E-state index contributed by atoms with van der Waals surface area (Å²) < 4.78 is 0. The maximum absolute atomic E-state index is 12.6. The Bertz CT molecular complexity index is 559. The maximum Gasteiger partial charge on any atom is 0.312 e. The smallest absolute Gasteiger partial charge is 0.312 e. The van der Waals surface area contributed by atoms with Crippen LogP contribution in [0.5, 0.6) is 0 Å². The van der Waals surface area contributed by atoms with Crippen molar-refractivity contribution in [3.8, 4) is 0 Å². The van der Waals surface area contributed by atoms with Crippen molar-refractivity contribution in [3.05, 3.63) is 29.8 Å². The number of amides is 1. The van der Waals surface area contributed by atoms with Crippen LogP contribution in [0.1, 0.15) is 45.6 Å². The van der Waals surface area contributed by atoms with Gasteiger partial charge in [-0.15, -0.1) is 0 Å². The highest BCUT2D eigenvalue weighted by atomic mass is 16.4. The van der Waals surface area contributed by atoms with E-state index in [1.165, 1.54) is 0 Å². The molecule has 1 amide bonds. The van der Waals surface area contributed by atoms with Crippen molar-refractivity contribution in [2.24, 2.45) is 11.3 Å². The van der Waals surface area contributed by atoms with Gasteiger partial charge >= 0.3 is 5.97 Å². The fraction of sp³-hybridized carbons (Fsp3) is 0.529. The predicted molar refractivity (Wildman–Crippen MR) is 82.4 cm³/mol. The van der Waals surface area contributed by atoms with Crippen molar-refractivity contribution in [2.45, 2.75) is 40.0 Å². The molecule has 2 rings (SSSR count). The van der Waals surface area contributed by atoms with Crippen LogP contribution in [0, 0.1) is 11.3 Å². The molecule has 4 heteroatoms. The Morgan fingerprint density at radius 3 is 2.52 bits per heavy atom. The van der Waals surface area contributed by atoms with E-state index in [9.17, 15) is 14.7 Å². The molecule has 1 aliphatic rings. The molecule has 4 nitrogen and oxygen atoms in total. The second kappa shape index (κ2) is 5.51. The van der Waals surface area contributed by atoms with Crippen molar-refractivity contribution in [3.63, 3.8) is 0 Å². The Labute approximate surface area is 125 Å². The number of carboxylic acids is 1. The number of rotatable bonds is 3. The molecular formula is C17H23NO3. The monoisotopic (exact) mass is 289 g/mol. The molecule has 0 bridgehead atoms. The predicted octanol–water partition coefficient (Wildman–Crippen LogP) is 3.27. The zero-order valence-corrected chi connectivity index (χ0v) is 13.1. The first kappa shape index (κ1) is 15.5. The number of hydrogen-bond acceptors (Lipinski definition) is 2. The van der Waals surface area contributed by atoms with Gasteiger partial charge in [0.2, 0.25) is 5.91 Å². The highest BCUT2D eigenvalue weighted by molar-refractivity contribution is 5.99. The number of hydrogen-bond donors (Lipinski definition) is 1. The molecule has 0 fully saturated rings. The summed E-state index contributed by atoms with van der Waals surface area (Å²) in [6, 6.07) is 7.30. The Kier molecular flexibility index (Phi) is 4.08. The SMILES string of the molecule is CC(CC(=O)N1CC(C(=O)O)c2ccccc21)C(C)(C)C. The van der Waals surface area contributed by atoms with Crippen LogP contribution in [0.4, 0.5) is 5.69 Å². The average Bonchev–Trinajstić information content (AvgIpc) is 2.77. The minimum absolute atomic E-state index is 0.00799. The molecular weight excluding hydrogens is 266 g/mol. The van der Waals surface area contributed by atoms with Gasteiger partial charge in [-0.1, -0.05) is 45.9 Å². The van der Waals surface area contributed by atoms with E-state index in [1.54, 1.807) is 11.0 Å². The van der Waals surface area contributed by atoms with E-state index >= 15 is 0 Å². The average molecular weight is 289 g/mol. The van der Waals surface area contributed by atoms with E-state index in [0.717, 1.165) is 11.3 Å². The van der Waals surface area contributed by atoms with Crippen LogP contribution in [0.15, 0.2) is 24.3 Å². The molecule has 21 heavy (non-hydrogen) atoms. The lowest BCUT2D eigenvalue weighted by molar-refractivity contribution is -0.138. The standard InChI is InChI=1S/C17H23NO3/c1-11(17(2,3)4)9-15(19)18-10-13(16(20)21)12-7-5-6-8-14(12)18/h5-8,11,13H,9-10H2,1-4H3,(H,20,21). The van der Waals surface area contributed by atoms with E-state index in [-0.39, 0.29) is 23.8 Å². The van der Waals surface area contributed by atoms with E-state index in [4.69, 9.17) is 0 Å². The van der Waals surface area contributed by atoms with Gasteiger partial charge in [0.15, 0.2) is 0 Å². The van der Waals surface area contributed by atoms with Crippen LogP contribution in [-0.2, 0) is 9.59 Å². The molecule has 1 heterocycles. The molecule has 1 aromatic rings. The number of carbonyl (C=O) groups is 2. The Morgan fingerprint density at radius 2 is 1.95 bits per heavy atom. The summed E-state index contributed by atoms with van der Waals surface area (Å²) >= 11 is 0. The topological polar surface area (TPSA) is 57.6 Å². The molecule has 1 N–H and O–H groups in total. The van der Waals surface area contributed by atoms with E-state index in [1.807, 2.05) is 18.2 Å². The van der Waals surface area contributed by atoms with Crippen LogP contribution in [-0.4, -0.2) is 23.5 Å². The number of aliphatic carboxylic acids is 1. The molecule has 2 unspecified atom stereocenters. The normalized spacial score (nSPS) is 19.2. The Balaban J connectivity index is 2.22. The highest BCUT2D eigenvalue weighted by Crippen LogP contribution is 2.38. The van der Waals surface area contributed by atoms with Crippen LogP contribution in [0.2, 0.25) is 0 Å². The number of anilines is 1. The lowest BCUT2D eigenvalue weighted by Gasteiger charge is -2.28. The largest absolute Gasteiger partial charge is 0.481 e. The molecule has 0 radical (unpaired) electrons. The van der Waals surface area contributed by atoms with Gasteiger partial charge in [-0.3, -0.25) is 9.59 Å². The third-order valence-electron chi connectivity index (χ3n) is 4.53. The zero-order valence-electron chi connectivity index (χ0n) is 13.1. The Morgan fingerprint density at radius 1 is 1.33 bits per heavy atom. The molecule has 0 aliphatic carbocycles. The summed E-state index contributed by atoms with van der Waals surface area (Å²) in [4.78, 5) is 25.6. The lowest BCUT2D eigenvalue weighted by atomic mass is 9.80. The third kappa shape index (κ3) is 3.09. The summed E-state index contributed by atoms with van der Waals surface area (Å²) in [5.41, 5.74) is 1.54. The van der Waals surface area contributed by atoms with Gasteiger partial charge in [-0.2, -0.15) is 0 Å². The van der Waals surface area contributed by atoms with E-state index in [0.29, 0.717) is 6.42 Å². The quantitative estimate of drug-likeness (QED) is 0.929. The molecule has 2 atom stereocenters. The number of benzene rings is 1. The summed E-state index contributed by atoms with van der Waals surface area (Å²) in [6.07, 6.45) is 0.435. The van der Waals surface area contributed by atoms with Gasteiger partial charge in [0.25, 0.3) is 0 Å². The molecule has 0 aromatic heterocycles. The van der Waals surface area contributed by atoms with Crippen molar-refractivity contribution >= 4 is 17.6 Å². The minimum atomic E-state index is -0.874. The molecule has 1 aliphatic heterocycles. The van der Waals surface area contributed by atoms with Gasteiger partial charge in [0.1, 0.15) is 5.92 Å². The van der Waals surface area contributed by atoms with Crippen LogP contribution >= 0.6 is 0 Å². The molecule has 0 saturated carbocycles. The first-order valence-corrected chi connectivity index (χ1v) is 7.34. The third-order valence-corrected chi connectivity index (χ3v) is 4.53. The van der Waals surface area contributed by atoms with Gasteiger partial charge in [-0.25, -0.2) is 0 Å². The summed E-state index contributed by atoms with van der Waals surface area (Å²) in [7, 11) is 0. The first-order chi connectivity index (χ1) is 9.71. The van der Waals surface area contributed by atoms with Gasteiger partial charge in [-0.05, 0) is 23.0 Å². The number of para-hydroxylation sites is 1. The van der Waals surface area contributed by atoms with Gasteiger partial charge in [0, 0.05) is 18.7 Å². The number of carboxylic acid groups (broad SMARTS) is 1. The highest BCUT2D eigenvalue weighted by Gasteiger charge is 2.37. The van der Waals surface area contributed by atoms with Crippen LogP contribution < -0.4 is 4.90 Å². The molecule has 1 aromatic carbocycles. The van der Waals surface area contributed by atoms with E-state index in [2.05, 4.69) is 27.7 Å². The fourth-order valence-corrected chi connectivity index (χ4v) is 2.53. The maximum atomic E-state index is 12.6. The Hall–Kier alpha value is -1.84. The molecule has 0 spiro atoms. The lowest BCUT2D eigenvalue weighted by Crippen LogP contribution is -2.34. The van der Waals surface area contributed by atoms with Crippen molar-refractivity contribution in [1.82, 2.24) is 0 Å². The van der Waals surface area contributed by atoms with Crippen LogP contribution in [0.3, 0.4) is 0 Å². The van der Waals surface area contributed by atoms with Crippen molar-refractivity contribution in [1.29, 1.82) is 0 Å². The second-order valence-corrected chi connectivity index (χ2v) is 6.93. The summed E-state index contributed by atoms with van der Waals surface area (Å²) in [5, 5.41) is 9.33. The molecule has 0 saturated heterocycles. The van der Waals surface area contributed by atoms with Gasteiger partial charge < -0.3 is 10.0 Å². The zero-order chi connectivity index (χ0) is 15.8. The van der Waals surface area contributed by atoms with Crippen LogP contribution in [0.25, 0.3) is 0 Å². The minimum Gasteiger partial charge on any atom is -0.481 e. The fourth-order valence-electron chi connectivity index (χ4n) is 2.53. The van der Waals surface area contributed by atoms with E-state index < -0.39 is 11.9 Å². The molecule has 114 valence electrons. The van der Waals surface area contributed by atoms with Gasteiger partial charge in [0.05, 0.1) is 0 Å². The summed E-state index contributed by atoms with van der Waals surface area (Å²) in [5.74, 6) is -1.24. The van der Waals surface area contributed by atoms with Crippen molar-refractivity contribution in [2.75, 3.05) is 11.4 Å². The summed E-state index contributed by atoms with van der Waals surface area (Å²) in [6.45, 7) is 8.65.